The molecule has 6 nitrogen and oxygen atoms in total. The lowest BCUT2D eigenvalue weighted by molar-refractivity contribution is -0.384. The topological polar surface area (TPSA) is 92.5 Å². The van der Waals surface area contributed by atoms with Crippen LogP contribution in [0.15, 0.2) is 18.2 Å². The minimum absolute atomic E-state index is 0.0483. The smallest absolute Gasteiger partial charge is 0.305 e. The Hall–Kier alpha value is -2.11. The van der Waals surface area contributed by atoms with Crippen molar-refractivity contribution >= 4 is 17.3 Å². The quantitative estimate of drug-likeness (QED) is 0.605. The molecule has 0 aromatic heterocycles. The van der Waals surface area contributed by atoms with E-state index in [0.29, 0.717) is 5.69 Å². The van der Waals surface area contributed by atoms with Crippen LogP contribution >= 0.6 is 0 Å². The second-order valence-corrected chi connectivity index (χ2v) is 3.92. The summed E-state index contributed by atoms with van der Waals surface area (Å²) in [4.78, 5) is 20.8. The van der Waals surface area contributed by atoms with Crippen molar-refractivity contribution in [2.45, 2.75) is 26.3 Å². The van der Waals surface area contributed by atoms with Gasteiger partial charge in [-0.05, 0) is 25.5 Å². The molecule has 0 aliphatic carbocycles. The lowest BCUT2D eigenvalue weighted by Crippen LogP contribution is -2.19. The number of carboxylic acids is 1. The first-order valence-corrected chi connectivity index (χ1v) is 5.13. The molecular formula is C11H14N2O4. The van der Waals surface area contributed by atoms with Crippen molar-refractivity contribution in [2.24, 2.45) is 0 Å². The number of carbonyl (C=O) groups is 1. The summed E-state index contributed by atoms with van der Waals surface area (Å²) >= 11 is 0. The molecule has 1 aromatic carbocycles. The molecule has 0 heterocycles. The van der Waals surface area contributed by atoms with Gasteiger partial charge in [0.1, 0.15) is 5.69 Å². The highest BCUT2D eigenvalue weighted by Crippen LogP contribution is 2.26. The molecule has 1 atom stereocenters. The van der Waals surface area contributed by atoms with Crippen molar-refractivity contribution in [2.75, 3.05) is 5.32 Å². The first kappa shape index (κ1) is 13.0. The van der Waals surface area contributed by atoms with Crippen molar-refractivity contribution in [3.63, 3.8) is 0 Å². The van der Waals surface area contributed by atoms with Crippen LogP contribution in [0.1, 0.15) is 18.9 Å². The van der Waals surface area contributed by atoms with Crippen LogP contribution < -0.4 is 5.32 Å². The van der Waals surface area contributed by atoms with Gasteiger partial charge in [-0.1, -0.05) is 6.07 Å². The van der Waals surface area contributed by atoms with Crippen molar-refractivity contribution in [3.8, 4) is 0 Å². The van der Waals surface area contributed by atoms with Crippen LogP contribution in [-0.4, -0.2) is 22.0 Å². The van der Waals surface area contributed by atoms with Gasteiger partial charge in [0, 0.05) is 12.1 Å². The summed E-state index contributed by atoms with van der Waals surface area (Å²) in [6.45, 7) is 3.48. The number of nitro benzene ring substituents is 1. The molecule has 0 aliphatic rings. The van der Waals surface area contributed by atoms with Gasteiger partial charge in [-0.25, -0.2) is 0 Å². The molecule has 0 amide bonds. The Morgan fingerprint density at radius 2 is 2.24 bits per heavy atom. The predicted octanol–water partition coefficient (Wildman–Crippen LogP) is 2.18. The minimum Gasteiger partial charge on any atom is -0.481 e. The number of benzene rings is 1. The van der Waals surface area contributed by atoms with Gasteiger partial charge in [0.05, 0.1) is 11.3 Å². The van der Waals surface area contributed by atoms with Crippen LogP contribution in [0.25, 0.3) is 0 Å². The Morgan fingerprint density at radius 1 is 1.59 bits per heavy atom. The fourth-order valence-corrected chi connectivity index (χ4v) is 1.50. The zero-order chi connectivity index (χ0) is 13.0. The van der Waals surface area contributed by atoms with Gasteiger partial charge in [0.15, 0.2) is 0 Å². The molecule has 17 heavy (non-hydrogen) atoms. The Bertz CT molecular complexity index is 445. The average Bonchev–Trinajstić information content (AvgIpc) is 2.15. The molecular weight excluding hydrogens is 224 g/mol. The highest BCUT2D eigenvalue weighted by atomic mass is 16.6. The molecule has 0 bridgehead atoms. The summed E-state index contributed by atoms with van der Waals surface area (Å²) in [5.74, 6) is -0.944. The molecule has 0 aliphatic heterocycles. The Balaban J connectivity index is 2.92. The highest BCUT2D eigenvalue weighted by Gasteiger charge is 2.16. The van der Waals surface area contributed by atoms with Crippen LogP contribution in [0.5, 0.6) is 0 Å². The average molecular weight is 238 g/mol. The van der Waals surface area contributed by atoms with Gasteiger partial charge < -0.3 is 10.4 Å². The SMILES string of the molecule is Cc1ccc([N+](=O)[O-])c(NC(C)CC(=O)O)c1. The maximum absolute atomic E-state index is 10.8. The third kappa shape index (κ3) is 3.75. The van der Waals surface area contributed by atoms with Gasteiger partial charge in [-0.15, -0.1) is 0 Å². The Labute approximate surface area is 98.4 Å². The van der Waals surface area contributed by atoms with Crippen LogP contribution in [0.2, 0.25) is 0 Å². The van der Waals surface area contributed by atoms with Crippen LogP contribution in [0.4, 0.5) is 11.4 Å². The lowest BCUT2D eigenvalue weighted by atomic mass is 10.1. The molecule has 0 saturated heterocycles. The van der Waals surface area contributed by atoms with Gasteiger partial charge in [0.2, 0.25) is 0 Å². The van der Waals surface area contributed by atoms with Crippen LogP contribution in [-0.2, 0) is 4.79 Å². The molecule has 0 saturated carbocycles. The number of anilines is 1. The van der Waals surface area contributed by atoms with E-state index in [-0.39, 0.29) is 18.2 Å². The molecule has 0 radical (unpaired) electrons. The molecule has 0 spiro atoms. The number of hydrogen-bond donors (Lipinski definition) is 2. The van der Waals surface area contributed by atoms with Gasteiger partial charge in [0.25, 0.3) is 5.69 Å². The number of nitrogens with one attached hydrogen (secondary N) is 1. The van der Waals surface area contributed by atoms with E-state index in [4.69, 9.17) is 5.11 Å². The molecule has 0 fully saturated rings. The number of carboxylic acid groups (broad SMARTS) is 1. The number of aliphatic carboxylic acids is 1. The first-order valence-electron chi connectivity index (χ1n) is 5.13. The summed E-state index contributed by atoms with van der Waals surface area (Å²) in [6, 6.07) is 4.32. The standard InChI is InChI=1S/C11H14N2O4/c1-7-3-4-10(13(16)17)9(5-7)12-8(2)6-11(14)15/h3-5,8,12H,6H2,1-2H3,(H,14,15). The van der Waals surface area contributed by atoms with E-state index in [1.54, 1.807) is 19.1 Å². The second kappa shape index (κ2) is 5.29. The van der Waals surface area contributed by atoms with Crippen LogP contribution in [0, 0.1) is 17.0 Å². The van der Waals surface area contributed by atoms with Crippen molar-refractivity contribution in [3.05, 3.63) is 33.9 Å². The maximum Gasteiger partial charge on any atom is 0.305 e. The van der Waals surface area contributed by atoms with E-state index in [1.165, 1.54) is 6.07 Å². The number of nitro groups is 1. The largest absolute Gasteiger partial charge is 0.481 e. The van der Waals surface area contributed by atoms with Crippen molar-refractivity contribution in [1.82, 2.24) is 0 Å². The summed E-state index contributed by atoms with van der Waals surface area (Å²) in [7, 11) is 0. The number of aryl methyl sites for hydroxylation is 1. The third-order valence-electron chi connectivity index (χ3n) is 2.23. The summed E-state index contributed by atoms with van der Waals surface area (Å²) in [6.07, 6.45) is -0.0922. The summed E-state index contributed by atoms with van der Waals surface area (Å²) in [5, 5.41) is 22.2. The number of nitrogens with zero attached hydrogens (tertiary/aromatic N) is 1. The van der Waals surface area contributed by atoms with Gasteiger partial charge in [-0.3, -0.25) is 14.9 Å². The minimum atomic E-state index is -0.944. The van der Waals surface area contributed by atoms with E-state index in [0.717, 1.165) is 5.56 Å². The second-order valence-electron chi connectivity index (χ2n) is 3.92. The van der Waals surface area contributed by atoms with Gasteiger partial charge >= 0.3 is 5.97 Å². The first-order chi connectivity index (χ1) is 7.90. The zero-order valence-electron chi connectivity index (χ0n) is 9.64. The van der Waals surface area contributed by atoms with E-state index < -0.39 is 10.9 Å². The molecule has 6 heteroatoms. The highest BCUT2D eigenvalue weighted by molar-refractivity contribution is 5.69. The molecule has 92 valence electrons. The van der Waals surface area contributed by atoms with Crippen LogP contribution in [0.3, 0.4) is 0 Å². The lowest BCUT2D eigenvalue weighted by Gasteiger charge is -2.13. The number of hydrogen-bond acceptors (Lipinski definition) is 4. The fraction of sp³-hybridized carbons (Fsp3) is 0.364. The summed E-state index contributed by atoms with van der Waals surface area (Å²) in [5.41, 5.74) is 1.18. The normalized spacial score (nSPS) is 11.9. The molecule has 1 aromatic rings. The van der Waals surface area contributed by atoms with Crippen molar-refractivity contribution < 1.29 is 14.8 Å². The van der Waals surface area contributed by atoms with E-state index >= 15 is 0 Å². The number of rotatable bonds is 5. The van der Waals surface area contributed by atoms with E-state index in [1.807, 2.05) is 6.92 Å². The fourth-order valence-electron chi connectivity index (χ4n) is 1.50. The Morgan fingerprint density at radius 3 is 2.76 bits per heavy atom. The zero-order valence-corrected chi connectivity index (χ0v) is 9.64. The van der Waals surface area contributed by atoms with E-state index in [9.17, 15) is 14.9 Å². The van der Waals surface area contributed by atoms with Gasteiger partial charge in [-0.2, -0.15) is 0 Å². The van der Waals surface area contributed by atoms with Crippen molar-refractivity contribution in [1.29, 1.82) is 0 Å². The monoisotopic (exact) mass is 238 g/mol. The molecule has 1 unspecified atom stereocenters. The predicted molar refractivity (Wildman–Crippen MR) is 63.2 cm³/mol. The third-order valence-corrected chi connectivity index (χ3v) is 2.23. The molecule has 2 N–H and O–H groups in total. The summed E-state index contributed by atoms with van der Waals surface area (Å²) < 4.78 is 0. The molecule has 1 rings (SSSR count). The maximum atomic E-state index is 10.8. The Kier molecular flexibility index (Phi) is 4.03. The van der Waals surface area contributed by atoms with E-state index in [2.05, 4.69) is 5.32 Å².